The van der Waals surface area contributed by atoms with Crippen molar-refractivity contribution in [3.63, 3.8) is 0 Å². The van der Waals surface area contributed by atoms with Crippen LogP contribution in [0.5, 0.6) is 0 Å². The predicted molar refractivity (Wildman–Crippen MR) is 80.0 cm³/mol. The molecule has 0 atom stereocenters. The Labute approximate surface area is 128 Å². The molecule has 1 fully saturated rings. The first kappa shape index (κ1) is 16.7. The molecule has 19 heavy (non-hydrogen) atoms. The molecule has 4 nitrogen and oxygen atoms in total. The van der Waals surface area contributed by atoms with Crippen LogP contribution in [0, 0.1) is 0 Å². The number of carbonyl (C=O) groups excluding carboxylic acids is 1. The van der Waals surface area contributed by atoms with E-state index in [1.807, 2.05) is 12.1 Å². The third-order valence-electron chi connectivity index (χ3n) is 3.18. The van der Waals surface area contributed by atoms with Gasteiger partial charge in [-0.25, -0.2) is 0 Å². The van der Waals surface area contributed by atoms with Crippen molar-refractivity contribution in [2.75, 3.05) is 20.3 Å². The first-order valence-corrected chi connectivity index (χ1v) is 7.07. The van der Waals surface area contributed by atoms with Crippen LogP contribution in [0.4, 0.5) is 0 Å². The number of hydrogen-bond acceptors (Lipinski definition) is 4. The summed E-state index contributed by atoms with van der Waals surface area (Å²) >= 11 is 7.36. The number of nitrogens with two attached hydrogens (primary N) is 1. The average Bonchev–Trinajstić information content (AvgIpc) is 2.74. The first-order chi connectivity index (χ1) is 8.51. The maximum absolute atomic E-state index is 12.3. The minimum atomic E-state index is -0.770. The summed E-state index contributed by atoms with van der Waals surface area (Å²) < 4.78 is 5.99. The minimum Gasteiger partial charge on any atom is -0.381 e. The van der Waals surface area contributed by atoms with E-state index in [9.17, 15) is 4.79 Å². The van der Waals surface area contributed by atoms with Crippen LogP contribution >= 0.6 is 35.3 Å². The SMILES string of the molecule is CN(Cc1ccc(Cl)s1)C(=O)C1(N)CCOCC1.Cl. The van der Waals surface area contributed by atoms with E-state index in [0.29, 0.717) is 32.6 Å². The Hall–Kier alpha value is -0.330. The summed E-state index contributed by atoms with van der Waals surface area (Å²) in [7, 11) is 1.78. The molecule has 7 heteroatoms. The zero-order chi connectivity index (χ0) is 13.2. The fourth-order valence-corrected chi connectivity index (χ4v) is 3.21. The van der Waals surface area contributed by atoms with E-state index in [2.05, 4.69) is 0 Å². The van der Waals surface area contributed by atoms with Crippen molar-refractivity contribution in [3.05, 3.63) is 21.3 Å². The van der Waals surface area contributed by atoms with Gasteiger partial charge in [-0.3, -0.25) is 4.79 Å². The number of halogens is 2. The lowest BCUT2D eigenvalue weighted by molar-refractivity contribution is -0.139. The largest absolute Gasteiger partial charge is 0.381 e. The van der Waals surface area contributed by atoms with Crippen LogP contribution in [0.2, 0.25) is 4.34 Å². The van der Waals surface area contributed by atoms with Gasteiger partial charge in [-0.05, 0) is 25.0 Å². The molecule has 1 amide bonds. The van der Waals surface area contributed by atoms with E-state index < -0.39 is 5.54 Å². The molecule has 1 aromatic rings. The first-order valence-electron chi connectivity index (χ1n) is 5.88. The highest BCUT2D eigenvalue weighted by Crippen LogP contribution is 2.25. The molecule has 0 spiro atoms. The van der Waals surface area contributed by atoms with Gasteiger partial charge in [-0.2, -0.15) is 0 Å². The molecule has 1 aliphatic heterocycles. The number of carbonyl (C=O) groups is 1. The van der Waals surface area contributed by atoms with Crippen molar-refractivity contribution in [3.8, 4) is 0 Å². The molecule has 0 saturated carbocycles. The Kier molecular flexibility index (Phi) is 6.08. The number of rotatable bonds is 3. The summed E-state index contributed by atoms with van der Waals surface area (Å²) in [5, 5.41) is 0. The summed E-state index contributed by atoms with van der Waals surface area (Å²) in [6, 6.07) is 3.77. The molecule has 1 saturated heterocycles. The van der Waals surface area contributed by atoms with Gasteiger partial charge < -0.3 is 15.4 Å². The monoisotopic (exact) mass is 324 g/mol. The number of likely N-dealkylation sites (N-methyl/N-ethyl adjacent to an activating group) is 1. The zero-order valence-corrected chi connectivity index (χ0v) is 13.1. The molecule has 0 bridgehead atoms. The van der Waals surface area contributed by atoms with Crippen molar-refractivity contribution in [2.24, 2.45) is 5.73 Å². The molecule has 1 aromatic heterocycles. The summed E-state index contributed by atoms with van der Waals surface area (Å²) in [6.07, 6.45) is 1.17. The van der Waals surface area contributed by atoms with Crippen molar-refractivity contribution < 1.29 is 9.53 Å². The van der Waals surface area contributed by atoms with E-state index in [1.165, 1.54) is 11.3 Å². The smallest absolute Gasteiger partial charge is 0.242 e. The van der Waals surface area contributed by atoms with Gasteiger partial charge in [0.2, 0.25) is 5.91 Å². The average molecular weight is 325 g/mol. The number of amides is 1. The molecule has 0 aliphatic carbocycles. The highest BCUT2D eigenvalue weighted by Gasteiger charge is 2.37. The van der Waals surface area contributed by atoms with Gasteiger partial charge in [0, 0.05) is 25.1 Å². The summed E-state index contributed by atoms with van der Waals surface area (Å²) in [5.74, 6) is -0.0182. The molecule has 0 unspecified atom stereocenters. The van der Waals surface area contributed by atoms with Crippen LogP contribution in [-0.2, 0) is 16.1 Å². The quantitative estimate of drug-likeness (QED) is 0.928. The number of nitrogens with zero attached hydrogens (tertiary/aromatic N) is 1. The minimum absolute atomic E-state index is 0. The topological polar surface area (TPSA) is 55.6 Å². The van der Waals surface area contributed by atoms with Crippen molar-refractivity contribution in [1.29, 1.82) is 0 Å². The summed E-state index contributed by atoms with van der Waals surface area (Å²) in [5.41, 5.74) is 5.40. The third-order valence-corrected chi connectivity index (χ3v) is 4.40. The zero-order valence-electron chi connectivity index (χ0n) is 10.7. The molecule has 0 radical (unpaired) electrons. The van der Waals surface area contributed by atoms with Crippen molar-refractivity contribution in [1.82, 2.24) is 4.90 Å². The van der Waals surface area contributed by atoms with E-state index >= 15 is 0 Å². The highest BCUT2D eigenvalue weighted by molar-refractivity contribution is 7.16. The van der Waals surface area contributed by atoms with Crippen LogP contribution in [0.3, 0.4) is 0 Å². The van der Waals surface area contributed by atoms with E-state index in [1.54, 1.807) is 11.9 Å². The summed E-state index contributed by atoms with van der Waals surface area (Å²) in [6.45, 7) is 1.66. The maximum atomic E-state index is 12.3. The fourth-order valence-electron chi connectivity index (χ4n) is 2.07. The van der Waals surface area contributed by atoms with Gasteiger partial charge >= 0.3 is 0 Å². The molecule has 2 N–H and O–H groups in total. The Bertz CT molecular complexity index is 433. The second kappa shape index (κ2) is 6.90. The second-order valence-corrected chi connectivity index (χ2v) is 6.44. The van der Waals surface area contributed by atoms with Crippen molar-refractivity contribution >= 4 is 41.3 Å². The number of hydrogen-bond donors (Lipinski definition) is 1. The van der Waals surface area contributed by atoms with Gasteiger partial charge in [0.25, 0.3) is 0 Å². The van der Waals surface area contributed by atoms with E-state index in [0.717, 1.165) is 9.21 Å². The van der Waals surface area contributed by atoms with Gasteiger partial charge in [-0.15, -0.1) is 23.7 Å². The third kappa shape index (κ3) is 4.07. The summed E-state index contributed by atoms with van der Waals surface area (Å²) in [4.78, 5) is 15.1. The number of ether oxygens (including phenoxy) is 1. The maximum Gasteiger partial charge on any atom is 0.242 e. The predicted octanol–water partition coefficient (Wildman–Crippen LogP) is 2.29. The van der Waals surface area contributed by atoms with Crippen LogP contribution in [0.25, 0.3) is 0 Å². The molecular weight excluding hydrogens is 307 g/mol. The van der Waals surface area contributed by atoms with Gasteiger partial charge in [0.1, 0.15) is 0 Å². The van der Waals surface area contributed by atoms with E-state index in [4.69, 9.17) is 22.1 Å². The second-order valence-electron chi connectivity index (χ2n) is 4.64. The standard InChI is InChI=1S/C12H17ClN2O2S.ClH/c1-15(8-9-2-3-10(13)18-9)11(16)12(14)4-6-17-7-5-12;/h2-3H,4-8,14H2,1H3;1H. The van der Waals surface area contributed by atoms with Crippen LogP contribution in [0.1, 0.15) is 17.7 Å². The van der Waals surface area contributed by atoms with Crippen molar-refractivity contribution in [2.45, 2.75) is 24.9 Å². The molecule has 2 heterocycles. The number of thiophene rings is 1. The van der Waals surface area contributed by atoms with Crippen LogP contribution in [-0.4, -0.2) is 36.6 Å². The Morgan fingerprint density at radius 2 is 2.16 bits per heavy atom. The molecule has 0 aromatic carbocycles. The lowest BCUT2D eigenvalue weighted by atomic mass is 9.90. The highest BCUT2D eigenvalue weighted by atomic mass is 35.5. The lowest BCUT2D eigenvalue weighted by Gasteiger charge is -2.35. The Balaban J connectivity index is 0.00000180. The normalized spacial score (nSPS) is 17.6. The van der Waals surface area contributed by atoms with Crippen LogP contribution < -0.4 is 5.73 Å². The van der Waals surface area contributed by atoms with Gasteiger partial charge in [-0.1, -0.05) is 11.6 Å². The molecule has 2 rings (SSSR count). The Morgan fingerprint density at radius 3 is 2.68 bits per heavy atom. The molecule has 1 aliphatic rings. The van der Waals surface area contributed by atoms with Gasteiger partial charge in [0.05, 0.1) is 16.4 Å². The Morgan fingerprint density at radius 1 is 1.53 bits per heavy atom. The van der Waals surface area contributed by atoms with Gasteiger partial charge in [0.15, 0.2) is 0 Å². The fraction of sp³-hybridized carbons (Fsp3) is 0.583. The van der Waals surface area contributed by atoms with E-state index in [-0.39, 0.29) is 18.3 Å². The molecule has 108 valence electrons. The van der Waals surface area contributed by atoms with Crippen LogP contribution in [0.15, 0.2) is 12.1 Å². The lowest BCUT2D eigenvalue weighted by Crippen LogP contribution is -2.57. The molecular formula is C12H18Cl2N2O2S.